The summed E-state index contributed by atoms with van der Waals surface area (Å²) >= 11 is 0. The molecular formula is C12H11F3O2. The van der Waals surface area contributed by atoms with Crippen LogP contribution in [0.1, 0.15) is 34.0 Å². The Morgan fingerprint density at radius 1 is 1.35 bits per heavy atom. The van der Waals surface area contributed by atoms with E-state index >= 15 is 0 Å². The fraction of sp³-hybridized carbons (Fsp3) is 0.250. The minimum absolute atomic E-state index is 0.0255. The number of aromatic carboxylic acids is 1. The Kier molecular flexibility index (Phi) is 3.60. The number of alkyl halides is 3. The van der Waals surface area contributed by atoms with Gasteiger partial charge in [-0.3, -0.25) is 0 Å². The summed E-state index contributed by atoms with van der Waals surface area (Å²) in [6.07, 6.45) is -1.78. The van der Waals surface area contributed by atoms with Crippen molar-refractivity contribution in [1.82, 2.24) is 0 Å². The van der Waals surface area contributed by atoms with Gasteiger partial charge in [-0.1, -0.05) is 18.2 Å². The summed E-state index contributed by atoms with van der Waals surface area (Å²) in [5, 5.41) is 8.79. The third-order valence-electron chi connectivity index (χ3n) is 2.28. The van der Waals surface area contributed by atoms with Gasteiger partial charge in [0.05, 0.1) is 11.1 Å². The quantitative estimate of drug-likeness (QED) is 0.860. The molecule has 0 spiro atoms. The highest BCUT2D eigenvalue weighted by molar-refractivity contribution is 5.90. The lowest BCUT2D eigenvalue weighted by atomic mass is 9.98. The Labute approximate surface area is 96.4 Å². The van der Waals surface area contributed by atoms with Crippen LogP contribution < -0.4 is 0 Å². The largest absolute Gasteiger partial charge is 0.478 e. The lowest BCUT2D eigenvalue weighted by molar-refractivity contribution is -0.137. The van der Waals surface area contributed by atoms with Crippen LogP contribution in [0.25, 0.3) is 6.08 Å². The van der Waals surface area contributed by atoms with Crippen molar-refractivity contribution >= 4 is 12.0 Å². The summed E-state index contributed by atoms with van der Waals surface area (Å²) < 4.78 is 38.2. The number of allylic oxidation sites excluding steroid dienone is 1. The van der Waals surface area contributed by atoms with Gasteiger partial charge in [-0.2, -0.15) is 13.2 Å². The maximum absolute atomic E-state index is 12.7. The van der Waals surface area contributed by atoms with Crippen molar-refractivity contribution in [2.24, 2.45) is 0 Å². The zero-order valence-corrected chi connectivity index (χ0v) is 9.30. The molecule has 1 aromatic carbocycles. The predicted molar refractivity (Wildman–Crippen MR) is 57.8 cm³/mol. The second-order valence-electron chi connectivity index (χ2n) is 3.56. The molecule has 0 saturated heterocycles. The molecule has 0 aliphatic rings. The molecule has 0 radical (unpaired) electrons. The van der Waals surface area contributed by atoms with E-state index in [4.69, 9.17) is 5.11 Å². The second-order valence-corrected chi connectivity index (χ2v) is 3.56. The molecule has 0 saturated carbocycles. The molecule has 0 aliphatic heterocycles. The molecule has 92 valence electrons. The van der Waals surface area contributed by atoms with Crippen molar-refractivity contribution in [3.05, 3.63) is 40.5 Å². The van der Waals surface area contributed by atoms with Crippen LogP contribution in [0.15, 0.2) is 18.2 Å². The minimum Gasteiger partial charge on any atom is -0.478 e. The predicted octanol–water partition coefficient (Wildman–Crippen LogP) is 3.75. The summed E-state index contributed by atoms with van der Waals surface area (Å²) in [5.41, 5.74) is -0.981. The van der Waals surface area contributed by atoms with Gasteiger partial charge in [0, 0.05) is 0 Å². The molecule has 17 heavy (non-hydrogen) atoms. The molecule has 1 rings (SSSR count). The first-order valence-electron chi connectivity index (χ1n) is 4.85. The van der Waals surface area contributed by atoms with Gasteiger partial charge in [0.1, 0.15) is 0 Å². The Morgan fingerprint density at radius 2 is 1.94 bits per heavy atom. The third kappa shape index (κ3) is 2.87. The first-order valence-corrected chi connectivity index (χ1v) is 4.85. The number of hydrogen-bond acceptors (Lipinski definition) is 1. The van der Waals surface area contributed by atoms with Gasteiger partial charge in [-0.25, -0.2) is 4.79 Å². The SMILES string of the molecule is CC=Cc1cc(C)c(C(=O)O)cc1C(F)(F)F. The lowest BCUT2D eigenvalue weighted by Gasteiger charge is -2.13. The average Bonchev–Trinajstić information content (AvgIpc) is 2.15. The van der Waals surface area contributed by atoms with Gasteiger partial charge >= 0.3 is 12.1 Å². The Bertz CT molecular complexity index is 473. The van der Waals surface area contributed by atoms with E-state index in [1.807, 2.05) is 0 Å². The number of rotatable bonds is 2. The lowest BCUT2D eigenvalue weighted by Crippen LogP contribution is -2.11. The highest BCUT2D eigenvalue weighted by atomic mass is 19.4. The molecule has 5 heteroatoms. The summed E-state index contributed by atoms with van der Waals surface area (Å²) in [7, 11) is 0. The fourth-order valence-corrected chi connectivity index (χ4v) is 1.52. The van der Waals surface area contributed by atoms with E-state index in [1.54, 1.807) is 6.92 Å². The standard InChI is InChI=1S/C12H11F3O2/c1-3-4-8-5-7(2)9(11(16)17)6-10(8)12(13,14)15/h3-6H,1-2H3,(H,16,17). The topological polar surface area (TPSA) is 37.3 Å². The molecule has 1 N–H and O–H groups in total. The van der Waals surface area contributed by atoms with Gasteiger partial charge in [0.25, 0.3) is 0 Å². The van der Waals surface area contributed by atoms with E-state index in [1.165, 1.54) is 25.1 Å². The van der Waals surface area contributed by atoms with E-state index < -0.39 is 17.7 Å². The van der Waals surface area contributed by atoms with Crippen molar-refractivity contribution in [2.45, 2.75) is 20.0 Å². The third-order valence-corrected chi connectivity index (χ3v) is 2.28. The first kappa shape index (κ1) is 13.3. The summed E-state index contributed by atoms with van der Waals surface area (Å²) in [4.78, 5) is 10.8. The van der Waals surface area contributed by atoms with Gasteiger partial charge in [0.2, 0.25) is 0 Å². The van der Waals surface area contributed by atoms with E-state index in [-0.39, 0.29) is 11.1 Å². The molecule has 0 unspecified atom stereocenters. The van der Waals surface area contributed by atoms with Crippen LogP contribution in [0.5, 0.6) is 0 Å². The number of carbonyl (C=O) groups is 1. The van der Waals surface area contributed by atoms with Crippen LogP contribution >= 0.6 is 0 Å². The van der Waals surface area contributed by atoms with Crippen LogP contribution in [0.3, 0.4) is 0 Å². The Morgan fingerprint density at radius 3 is 2.35 bits per heavy atom. The monoisotopic (exact) mass is 244 g/mol. The molecular weight excluding hydrogens is 233 g/mol. The Hall–Kier alpha value is -1.78. The van der Waals surface area contributed by atoms with Gasteiger partial charge in [-0.05, 0) is 31.0 Å². The average molecular weight is 244 g/mol. The van der Waals surface area contributed by atoms with Crippen LogP contribution in [0.4, 0.5) is 13.2 Å². The van der Waals surface area contributed by atoms with E-state index in [9.17, 15) is 18.0 Å². The maximum Gasteiger partial charge on any atom is 0.417 e. The molecule has 0 aliphatic carbocycles. The van der Waals surface area contributed by atoms with Crippen molar-refractivity contribution in [2.75, 3.05) is 0 Å². The van der Waals surface area contributed by atoms with Gasteiger partial charge < -0.3 is 5.11 Å². The van der Waals surface area contributed by atoms with Crippen molar-refractivity contribution in [3.63, 3.8) is 0 Å². The van der Waals surface area contributed by atoms with E-state index in [2.05, 4.69) is 0 Å². The van der Waals surface area contributed by atoms with Crippen LogP contribution in [0.2, 0.25) is 0 Å². The normalized spacial score (nSPS) is 12.1. The number of hydrogen-bond donors (Lipinski definition) is 1. The first-order chi connectivity index (χ1) is 7.77. The molecule has 0 fully saturated rings. The van der Waals surface area contributed by atoms with Crippen molar-refractivity contribution < 1.29 is 23.1 Å². The molecule has 0 aromatic heterocycles. The van der Waals surface area contributed by atoms with Crippen molar-refractivity contribution in [3.8, 4) is 0 Å². The zero-order valence-electron chi connectivity index (χ0n) is 9.30. The smallest absolute Gasteiger partial charge is 0.417 e. The minimum atomic E-state index is -4.56. The summed E-state index contributed by atoms with van der Waals surface area (Å²) in [5.74, 6) is -1.36. The molecule has 0 heterocycles. The van der Waals surface area contributed by atoms with Crippen LogP contribution in [-0.4, -0.2) is 11.1 Å². The second kappa shape index (κ2) is 4.61. The molecule has 1 aromatic rings. The van der Waals surface area contributed by atoms with Crippen LogP contribution in [-0.2, 0) is 6.18 Å². The zero-order chi connectivity index (χ0) is 13.2. The fourth-order valence-electron chi connectivity index (χ4n) is 1.52. The maximum atomic E-state index is 12.7. The van der Waals surface area contributed by atoms with Gasteiger partial charge in [-0.15, -0.1) is 0 Å². The number of halogens is 3. The molecule has 0 amide bonds. The highest BCUT2D eigenvalue weighted by Crippen LogP contribution is 2.34. The Balaban J connectivity index is 3.53. The summed E-state index contributed by atoms with van der Waals surface area (Å²) in [6.45, 7) is 3.07. The number of carboxylic acid groups (broad SMARTS) is 1. The number of aryl methyl sites for hydroxylation is 1. The molecule has 0 bridgehead atoms. The number of carboxylic acids is 1. The van der Waals surface area contributed by atoms with Crippen molar-refractivity contribution in [1.29, 1.82) is 0 Å². The van der Waals surface area contributed by atoms with Crippen LogP contribution in [0, 0.1) is 6.92 Å². The highest BCUT2D eigenvalue weighted by Gasteiger charge is 2.34. The van der Waals surface area contributed by atoms with Gasteiger partial charge in [0.15, 0.2) is 0 Å². The number of benzene rings is 1. The van der Waals surface area contributed by atoms with E-state index in [0.29, 0.717) is 11.6 Å². The molecule has 2 nitrogen and oxygen atoms in total. The molecule has 0 atom stereocenters. The van der Waals surface area contributed by atoms with E-state index in [0.717, 1.165) is 0 Å². The summed E-state index contributed by atoms with van der Waals surface area (Å²) in [6, 6.07) is 1.90.